The zero-order valence-electron chi connectivity index (χ0n) is 12.1. The van der Waals surface area contributed by atoms with E-state index in [1.165, 1.54) is 18.3 Å². The van der Waals surface area contributed by atoms with Crippen molar-refractivity contribution in [2.45, 2.75) is 37.6 Å². The van der Waals surface area contributed by atoms with Crippen molar-refractivity contribution in [2.24, 2.45) is 5.84 Å². The number of pyridine rings is 1. The lowest BCUT2D eigenvalue weighted by Crippen LogP contribution is -2.35. The maximum absolute atomic E-state index is 12.0. The average molecular weight is 315 g/mol. The van der Waals surface area contributed by atoms with Crippen molar-refractivity contribution in [1.29, 1.82) is 0 Å². The summed E-state index contributed by atoms with van der Waals surface area (Å²) < 4.78 is 26.4. The number of nitrogens with one attached hydrogen (secondary N) is 3. The van der Waals surface area contributed by atoms with Crippen molar-refractivity contribution in [3.63, 3.8) is 0 Å². The number of nitrogens with two attached hydrogens (primary N) is 1. The molecule has 1 aromatic heterocycles. The number of carbonyl (C=O) groups excluding carboxylic acids is 1. The third kappa shape index (κ3) is 5.66. The van der Waals surface area contributed by atoms with Crippen LogP contribution in [0.2, 0.25) is 0 Å². The summed E-state index contributed by atoms with van der Waals surface area (Å²) in [6, 6.07) is 2.73. The molecular formula is C12H21N5O3S. The fraction of sp³-hybridized carbons (Fsp3) is 0.500. The number of amides is 1. The fourth-order valence-electron chi connectivity index (χ4n) is 1.49. The summed E-state index contributed by atoms with van der Waals surface area (Å²) >= 11 is 0. The van der Waals surface area contributed by atoms with Gasteiger partial charge in [0.25, 0.3) is 0 Å². The predicted molar refractivity (Wildman–Crippen MR) is 79.7 cm³/mol. The van der Waals surface area contributed by atoms with E-state index >= 15 is 0 Å². The van der Waals surface area contributed by atoms with Crippen molar-refractivity contribution in [3.8, 4) is 0 Å². The van der Waals surface area contributed by atoms with Crippen LogP contribution in [-0.4, -0.2) is 31.9 Å². The molecule has 0 spiro atoms. The zero-order chi connectivity index (χ0) is 15.9. The van der Waals surface area contributed by atoms with E-state index in [1.54, 1.807) is 0 Å². The normalized spacial score (nSPS) is 12.7. The number of hydrogen-bond acceptors (Lipinski definition) is 6. The smallest absolute Gasteiger partial charge is 0.240 e. The van der Waals surface area contributed by atoms with Crippen molar-refractivity contribution in [1.82, 2.24) is 15.0 Å². The summed E-state index contributed by atoms with van der Waals surface area (Å²) in [5.41, 5.74) is 2.27. The molecule has 0 bridgehead atoms. The number of aromatic nitrogens is 1. The monoisotopic (exact) mass is 315 g/mol. The number of nitrogen functional groups attached to an aromatic ring is 1. The molecule has 118 valence electrons. The first-order valence-corrected chi connectivity index (χ1v) is 8.09. The Kier molecular flexibility index (Phi) is 6.53. The van der Waals surface area contributed by atoms with Gasteiger partial charge in [0.1, 0.15) is 5.82 Å². The Bertz CT molecular complexity index is 576. The molecule has 0 radical (unpaired) electrons. The minimum absolute atomic E-state index is 0.0261. The van der Waals surface area contributed by atoms with Crippen LogP contribution in [0.5, 0.6) is 0 Å². The first kappa shape index (κ1) is 17.3. The third-order valence-corrected chi connectivity index (χ3v) is 4.31. The van der Waals surface area contributed by atoms with Crippen LogP contribution in [0.3, 0.4) is 0 Å². The van der Waals surface area contributed by atoms with Gasteiger partial charge in [-0.1, -0.05) is 6.92 Å². The number of rotatable bonds is 8. The molecule has 1 atom stereocenters. The minimum Gasteiger partial charge on any atom is -0.354 e. The van der Waals surface area contributed by atoms with Crippen molar-refractivity contribution >= 4 is 21.7 Å². The summed E-state index contributed by atoms with van der Waals surface area (Å²) in [5, 5.41) is 2.76. The topological polar surface area (TPSA) is 126 Å². The highest BCUT2D eigenvalue weighted by atomic mass is 32.2. The van der Waals surface area contributed by atoms with Gasteiger partial charge >= 0.3 is 0 Å². The van der Waals surface area contributed by atoms with Gasteiger partial charge in [-0.15, -0.1) is 0 Å². The second kappa shape index (κ2) is 7.91. The van der Waals surface area contributed by atoms with Crippen LogP contribution in [0.4, 0.5) is 5.82 Å². The molecule has 8 nitrogen and oxygen atoms in total. The highest BCUT2D eigenvalue weighted by Crippen LogP contribution is 2.11. The molecule has 0 aliphatic heterocycles. The maximum atomic E-state index is 12.0. The Hall–Kier alpha value is -1.71. The van der Waals surface area contributed by atoms with Crippen LogP contribution in [-0.2, 0) is 14.8 Å². The molecule has 1 heterocycles. The standard InChI is InChI=1S/C12H21N5O3S/c1-3-9(2)16-12(18)5-7-15-21(19,20)10-4-6-14-11(8-10)17-13/h4,6,8-9,15H,3,5,7,13H2,1-2H3,(H,14,17)(H,16,18). The van der Waals surface area contributed by atoms with Crippen LogP contribution in [0, 0.1) is 0 Å². The Balaban J connectivity index is 2.55. The van der Waals surface area contributed by atoms with Crippen LogP contribution in [0.1, 0.15) is 26.7 Å². The molecule has 1 unspecified atom stereocenters. The van der Waals surface area contributed by atoms with Gasteiger partial charge in [-0.2, -0.15) is 0 Å². The molecule has 9 heteroatoms. The molecule has 21 heavy (non-hydrogen) atoms. The van der Waals surface area contributed by atoms with E-state index in [9.17, 15) is 13.2 Å². The molecule has 0 saturated carbocycles. The van der Waals surface area contributed by atoms with E-state index in [2.05, 4.69) is 20.4 Å². The fourth-order valence-corrected chi connectivity index (χ4v) is 2.53. The molecule has 1 amide bonds. The van der Waals surface area contributed by atoms with E-state index < -0.39 is 10.0 Å². The van der Waals surface area contributed by atoms with E-state index in [0.717, 1.165) is 6.42 Å². The number of hydrazine groups is 1. The van der Waals surface area contributed by atoms with Crippen molar-refractivity contribution < 1.29 is 13.2 Å². The SMILES string of the molecule is CCC(C)NC(=O)CCNS(=O)(=O)c1ccnc(NN)c1. The Labute approximate surface area is 124 Å². The summed E-state index contributed by atoms with van der Waals surface area (Å²) in [7, 11) is -3.69. The summed E-state index contributed by atoms with van der Waals surface area (Å²) in [6.45, 7) is 3.87. The summed E-state index contributed by atoms with van der Waals surface area (Å²) in [5.74, 6) is 5.23. The van der Waals surface area contributed by atoms with Gasteiger partial charge in [0.2, 0.25) is 15.9 Å². The van der Waals surface area contributed by atoms with Gasteiger partial charge in [-0.25, -0.2) is 24.0 Å². The Morgan fingerprint density at radius 3 is 2.81 bits per heavy atom. The zero-order valence-corrected chi connectivity index (χ0v) is 12.9. The first-order valence-electron chi connectivity index (χ1n) is 6.60. The molecular weight excluding hydrogens is 294 g/mol. The lowest BCUT2D eigenvalue weighted by Gasteiger charge is -2.12. The van der Waals surface area contributed by atoms with E-state index in [1.807, 2.05) is 13.8 Å². The van der Waals surface area contributed by atoms with E-state index in [0.29, 0.717) is 0 Å². The quantitative estimate of drug-likeness (QED) is 0.393. The summed E-state index contributed by atoms with van der Waals surface area (Å²) in [6.07, 6.45) is 2.24. The molecule has 5 N–H and O–H groups in total. The number of anilines is 1. The maximum Gasteiger partial charge on any atom is 0.240 e. The molecule has 0 aliphatic carbocycles. The number of nitrogens with zero attached hydrogens (tertiary/aromatic N) is 1. The molecule has 0 aliphatic rings. The molecule has 0 saturated heterocycles. The van der Waals surface area contributed by atoms with Gasteiger partial charge in [0.05, 0.1) is 4.90 Å². The van der Waals surface area contributed by atoms with Gasteiger partial charge in [-0.05, 0) is 19.4 Å². The van der Waals surface area contributed by atoms with Gasteiger partial charge in [-0.3, -0.25) is 4.79 Å². The average Bonchev–Trinajstić information content (AvgIpc) is 2.46. The highest BCUT2D eigenvalue weighted by Gasteiger charge is 2.15. The first-order chi connectivity index (χ1) is 9.89. The molecule has 0 aromatic carbocycles. The predicted octanol–water partition coefficient (Wildman–Crippen LogP) is -0.0497. The minimum atomic E-state index is -3.69. The number of sulfonamides is 1. The number of hydrogen-bond donors (Lipinski definition) is 4. The molecule has 1 rings (SSSR count). The van der Waals surface area contributed by atoms with Gasteiger partial charge in [0, 0.05) is 31.3 Å². The van der Waals surface area contributed by atoms with E-state index in [-0.39, 0.29) is 35.6 Å². The Morgan fingerprint density at radius 1 is 1.48 bits per heavy atom. The highest BCUT2D eigenvalue weighted by molar-refractivity contribution is 7.89. The van der Waals surface area contributed by atoms with E-state index in [4.69, 9.17) is 5.84 Å². The third-order valence-electron chi connectivity index (χ3n) is 2.85. The van der Waals surface area contributed by atoms with Crippen molar-refractivity contribution in [2.75, 3.05) is 12.0 Å². The van der Waals surface area contributed by atoms with Gasteiger partial charge in [0.15, 0.2) is 0 Å². The largest absolute Gasteiger partial charge is 0.354 e. The number of carbonyl (C=O) groups is 1. The lowest BCUT2D eigenvalue weighted by atomic mass is 10.2. The second-order valence-electron chi connectivity index (χ2n) is 4.55. The van der Waals surface area contributed by atoms with Gasteiger partial charge < -0.3 is 10.7 Å². The van der Waals surface area contributed by atoms with Crippen LogP contribution in [0.15, 0.2) is 23.2 Å². The van der Waals surface area contributed by atoms with Crippen molar-refractivity contribution in [3.05, 3.63) is 18.3 Å². The molecule has 1 aromatic rings. The van der Waals surface area contributed by atoms with Crippen LogP contribution >= 0.6 is 0 Å². The van der Waals surface area contributed by atoms with Crippen LogP contribution < -0.4 is 21.3 Å². The lowest BCUT2D eigenvalue weighted by molar-refractivity contribution is -0.121. The summed E-state index contributed by atoms with van der Waals surface area (Å²) in [4.78, 5) is 15.4. The second-order valence-corrected chi connectivity index (χ2v) is 6.31. The Morgan fingerprint density at radius 2 is 2.19 bits per heavy atom. The van der Waals surface area contributed by atoms with Crippen LogP contribution in [0.25, 0.3) is 0 Å². The molecule has 0 fully saturated rings.